The minimum absolute atomic E-state index is 0.273. The molecule has 0 saturated heterocycles. The molecule has 1 amide bonds. The highest BCUT2D eigenvalue weighted by Gasteiger charge is 2.19. The van der Waals surface area contributed by atoms with Gasteiger partial charge in [-0.15, -0.1) is 0 Å². The molecule has 29 heavy (non-hydrogen) atoms. The monoisotopic (exact) mass is 397 g/mol. The first-order valence-corrected chi connectivity index (χ1v) is 9.54. The minimum Gasteiger partial charge on any atom is -0.449 e. The van der Waals surface area contributed by atoms with E-state index in [4.69, 9.17) is 14.2 Å². The zero-order valence-corrected chi connectivity index (χ0v) is 17.1. The molecule has 1 heterocycles. The van der Waals surface area contributed by atoms with E-state index in [0.29, 0.717) is 31.7 Å². The summed E-state index contributed by atoms with van der Waals surface area (Å²) < 4.78 is 15.6. The number of pyridine rings is 1. The van der Waals surface area contributed by atoms with Crippen molar-refractivity contribution in [3.05, 3.63) is 59.9 Å². The number of nitriles is 1. The van der Waals surface area contributed by atoms with E-state index in [1.165, 1.54) is 0 Å². The Morgan fingerprint density at radius 2 is 1.86 bits per heavy atom. The molecule has 0 radical (unpaired) electrons. The van der Waals surface area contributed by atoms with Gasteiger partial charge < -0.3 is 14.2 Å². The maximum atomic E-state index is 12.3. The number of methoxy groups -OCH3 is 2. The third-order valence-corrected chi connectivity index (χ3v) is 4.52. The van der Waals surface area contributed by atoms with Gasteiger partial charge in [0.05, 0.1) is 30.5 Å². The molecule has 1 atom stereocenters. The van der Waals surface area contributed by atoms with Crippen molar-refractivity contribution < 1.29 is 19.0 Å². The van der Waals surface area contributed by atoms with Gasteiger partial charge in [-0.1, -0.05) is 24.3 Å². The number of hydrogen-bond acceptors (Lipinski definition) is 6. The van der Waals surface area contributed by atoms with Gasteiger partial charge in [-0.05, 0) is 37.5 Å². The molecule has 0 aliphatic carbocycles. The summed E-state index contributed by atoms with van der Waals surface area (Å²) in [7, 11) is 3.16. The summed E-state index contributed by atoms with van der Waals surface area (Å²) in [5, 5.41) is 9.61. The number of ether oxygens (including phenoxy) is 3. The molecule has 0 spiro atoms. The molecule has 1 aromatic heterocycles. The summed E-state index contributed by atoms with van der Waals surface area (Å²) in [6, 6.07) is 13.6. The van der Waals surface area contributed by atoms with Crippen LogP contribution in [-0.4, -0.2) is 38.4 Å². The van der Waals surface area contributed by atoms with Gasteiger partial charge >= 0.3 is 6.09 Å². The van der Waals surface area contributed by atoms with Crippen LogP contribution in [0.15, 0.2) is 48.8 Å². The molecule has 7 nitrogen and oxygen atoms in total. The topological polar surface area (TPSA) is 84.7 Å². The molecule has 2 aromatic rings. The molecule has 7 heteroatoms. The second-order valence-corrected chi connectivity index (χ2v) is 6.36. The van der Waals surface area contributed by atoms with Crippen molar-refractivity contribution in [2.75, 3.05) is 32.3 Å². The normalized spacial score (nSPS) is 11.7. The van der Waals surface area contributed by atoms with E-state index < -0.39 is 12.4 Å². The molecule has 0 N–H and O–H groups in total. The first kappa shape index (κ1) is 22.3. The molecule has 0 aliphatic rings. The number of benzene rings is 1. The minimum atomic E-state index is -0.429. The number of anilines is 1. The number of nitrogens with zero attached hydrogens (tertiary/aromatic N) is 3. The molecule has 0 aliphatic heterocycles. The molecule has 0 fully saturated rings. The van der Waals surface area contributed by atoms with Crippen molar-refractivity contribution in [3.63, 3.8) is 0 Å². The lowest BCUT2D eigenvalue weighted by Gasteiger charge is -2.22. The van der Waals surface area contributed by atoms with Gasteiger partial charge in [0.2, 0.25) is 0 Å². The van der Waals surface area contributed by atoms with E-state index in [1.807, 2.05) is 30.3 Å². The summed E-state index contributed by atoms with van der Waals surface area (Å²) in [6.45, 7) is 2.51. The number of amides is 1. The summed E-state index contributed by atoms with van der Waals surface area (Å²) in [6.07, 6.45) is 3.70. The first-order valence-electron chi connectivity index (χ1n) is 9.54. The van der Waals surface area contributed by atoms with Crippen molar-refractivity contribution >= 4 is 11.8 Å². The predicted octanol–water partition coefficient (Wildman–Crippen LogP) is 4.42. The van der Waals surface area contributed by atoms with Crippen LogP contribution in [-0.2, 0) is 14.2 Å². The SMILES string of the molecule is CCOC(=O)N(CCCC(C#N)c1ccc(C(OC)OC)cc1)c1cccnc1. The maximum Gasteiger partial charge on any atom is 0.414 e. The molecule has 2 rings (SSSR count). The highest BCUT2D eigenvalue weighted by molar-refractivity contribution is 5.87. The van der Waals surface area contributed by atoms with Crippen LogP contribution in [0.1, 0.15) is 43.1 Å². The van der Waals surface area contributed by atoms with E-state index in [1.54, 1.807) is 44.5 Å². The van der Waals surface area contributed by atoms with E-state index in [2.05, 4.69) is 11.1 Å². The van der Waals surface area contributed by atoms with Crippen molar-refractivity contribution in [2.45, 2.75) is 32.0 Å². The van der Waals surface area contributed by atoms with Crippen LogP contribution in [0, 0.1) is 11.3 Å². The van der Waals surface area contributed by atoms with Gasteiger partial charge in [0.25, 0.3) is 0 Å². The molecule has 154 valence electrons. The Morgan fingerprint density at radius 3 is 2.41 bits per heavy atom. The van der Waals surface area contributed by atoms with Crippen molar-refractivity contribution in [3.8, 4) is 6.07 Å². The largest absolute Gasteiger partial charge is 0.449 e. The third kappa shape index (κ3) is 6.28. The Morgan fingerprint density at radius 1 is 1.17 bits per heavy atom. The first-order chi connectivity index (χ1) is 14.1. The Kier molecular flexibility index (Phi) is 9.09. The second-order valence-electron chi connectivity index (χ2n) is 6.36. The van der Waals surface area contributed by atoms with E-state index >= 15 is 0 Å². The molecule has 1 unspecified atom stereocenters. The number of aromatic nitrogens is 1. The zero-order valence-electron chi connectivity index (χ0n) is 17.1. The summed E-state index contributed by atoms with van der Waals surface area (Å²) in [5.41, 5.74) is 2.49. The molecule has 0 bridgehead atoms. The second kappa shape index (κ2) is 11.8. The highest BCUT2D eigenvalue weighted by Crippen LogP contribution is 2.25. The number of carbonyl (C=O) groups excluding carboxylic acids is 1. The van der Waals surface area contributed by atoms with Crippen LogP contribution < -0.4 is 4.90 Å². The number of carbonyl (C=O) groups is 1. The van der Waals surface area contributed by atoms with E-state index in [-0.39, 0.29) is 5.92 Å². The van der Waals surface area contributed by atoms with E-state index in [0.717, 1.165) is 11.1 Å². The smallest absolute Gasteiger partial charge is 0.414 e. The lowest BCUT2D eigenvalue weighted by Crippen LogP contribution is -2.32. The average molecular weight is 397 g/mol. The van der Waals surface area contributed by atoms with Crippen molar-refractivity contribution in [2.24, 2.45) is 0 Å². The summed E-state index contributed by atoms with van der Waals surface area (Å²) >= 11 is 0. The predicted molar refractivity (Wildman–Crippen MR) is 109 cm³/mol. The quantitative estimate of drug-likeness (QED) is 0.552. The van der Waals surface area contributed by atoms with Gasteiger partial charge in [-0.3, -0.25) is 9.88 Å². The summed E-state index contributed by atoms with van der Waals surface area (Å²) in [4.78, 5) is 17.9. The fourth-order valence-corrected chi connectivity index (χ4v) is 3.05. The van der Waals surface area contributed by atoms with Gasteiger partial charge in [0.15, 0.2) is 6.29 Å². The lowest BCUT2D eigenvalue weighted by atomic mass is 9.94. The van der Waals surface area contributed by atoms with Gasteiger partial charge in [0, 0.05) is 32.5 Å². The Hall–Kier alpha value is -2.95. The molecular formula is C22H27N3O4. The highest BCUT2D eigenvalue weighted by atomic mass is 16.7. The zero-order chi connectivity index (χ0) is 21.1. The van der Waals surface area contributed by atoms with Crippen LogP contribution in [0.25, 0.3) is 0 Å². The van der Waals surface area contributed by atoms with Gasteiger partial charge in [-0.25, -0.2) is 4.79 Å². The fourth-order valence-electron chi connectivity index (χ4n) is 3.05. The van der Waals surface area contributed by atoms with Crippen LogP contribution >= 0.6 is 0 Å². The van der Waals surface area contributed by atoms with Crippen LogP contribution in [0.4, 0.5) is 10.5 Å². The Labute approximate surface area is 171 Å². The fraction of sp³-hybridized carbons (Fsp3) is 0.409. The van der Waals surface area contributed by atoms with Gasteiger partial charge in [0.1, 0.15) is 0 Å². The van der Waals surface area contributed by atoms with E-state index in [9.17, 15) is 10.1 Å². The van der Waals surface area contributed by atoms with Gasteiger partial charge in [-0.2, -0.15) is 5.26 Å². The molecule has 0 saturated carbocycles. The number of rotatable bonds is 10. The lowest BCUT2D eigenvalue weighted by molar-refractivity contribution is -0.106. The van der Waals surface area contributed by atoms with Crippen LogP contribution in [0.3, 0.4) is 0 Å². The summed E-state index contributed by atoms with van der Waals surface area (Å²) in [5.74, 6) is -0.273. The van der Waals surface area contributed by atoms with Crippen LogP contribution in [0.2, 0.25) is 0 Å². The van der Waals surface area contributed by atoms with Crippen LogP contribution in [0.5, 0.6) is 0 Å². The number of hydrogen-bond donors (Lipinski definition) is 0. The van der Waals surface area contributed by atoms with Crippen molar-refractivity contribution in [1.29, 1.82) is 5.26 Å². The molecule has 1 aromatic carbocycles. The average Bonchev–Trinajstić information content (AvgIpc) is 2.76. The standard InChI is InChI=1S/C22H27N3O4/c1-4-29-22(26)25(20-8-5-13-24-16-20)14-6-7-19(15-23)17-9-11-18(12-10-17)21(27-2)28-3/h5,8-13,16,19,21H,4,6-7,14H2,1-3H3. The third-order valence-electron chi connectivity index (χ3n) is 4.52. The molecular weight excluding hydrogens is 370 g/mol. The van der Waals surface area contributed by atoms with Crippen molar-refractivity contribution in [1.82, 2.24) is 4.98 Å². The maximum absolute atomic E-state index is 12.3. The Balaban J connectivity index is 2.02. The Bertz CT molecular complexity index is 786.